The molecule has 0 N–H and O–H groups in total. The molecule has 0 aromatic rings. The minimum atomic E-state index is 0.514. The van der Waals surface area contributed by atoms with Crippen molar-refractivity contribution in [2.45, 2.75) is 65.7 Å². The third-order valence-electron chi connectivity index (χ3n) is 7.60. The molecule has 4 rings (SSSR count). The zero-order valence-corrected chi connectivity index (χ0v) is 15.0. The summed E-state index contributed by atoms with van der Waals surface area (Å²) in [5.41, 5.74) is 5.34. The molecule has 4 aliphatic carbocycles. The van der Waals surface area contributed by atoms with E-state index < -0.39 is 0 Å². The lowest BCUT2D eigenvalue weighted by atomic mass is 9.53. The van der Waals surface area contributed by atoms with Crippen molar-refractivity contribution in [3.05, 3.63) is 34.9 Å². The van der Waals surface area contributed by atoms with Crippen LogP contribution >= 0.6 is 0 Å². The van der Waals surface area contributed by atoms with Crippen LogP contribution in [0.1, 0.15) is 65.7 Å². The number of allylic oxidation sites excluding steroid dienone is 6. The van der Waals surface area contributed by atoms with Gasteiger partial charge >= 0.3 is 0 Å². The first-order chi connectivity index (χ1) is 11.2. The van der Waals surface area contributed by atoms with E-state index in [0.29, 0.717) is 5.41 Å². The number of hydrogen-bond donors (Lipinski definition) is 0. The summed E-state index contributed by atoms with van der Waals surface area (Å²) in [6.45, 7) is 6.79. The molecule has 0 radical (unpaired) electrons. The normalized spacial score (nSPS) is 43.5. The van der Waals surface area contributed by atoms with Crippen LogP contribution in [0.5, 0.6) is 0 Å². The van der Waals surface area contributed by atoms with Gasteiger partial charge in [0.15, 0.2) is 0 Å². The number of fused-ring (bicyclic) bond motifs is 5. The first-order valence-electron chi connectivity index (χ1n) is 9.67. The van der Waals surface area contributed by atoms with Gasteiger partial charge in [0.2, 0.25) is 0 Å². The van der Waals surface area contributed by atoms with E-state index in [0.717, 1.165) is 23.7 Å². The SMILES string of the molecule is CC#CC1=CCC2CCC3C(CCC4(C)/C(=C\C)CCC34)C2=C1. The largest absolute Gasteiger partial charge is 0.101 e. The number of hydrogen-bond acceptors (Lipinski definition) is 0. The molecule has 122 valence electrons. The standard InChI is InChI=1S/C23H30/c1-4-6-16-7-8-17-9-11-20-19(21(17)15-16)13-14-23(3)18(5-2)10-12-22(20)23/h5,7,15,17,19-20,22H,8-14H2,1-3H3/b18-5-. The van der Waals surface area contributed by atoms with Gasteiger partial charge in [0.05, 0.1) is 0 Å². The summed E-state index contributed by atoms with van der Waals surface area (Å²) in [5, 5.41) is 0. The highest BCUT2D eigenvalue weighted by molar-refractivity contribution is 5.44. The Morgan fingerprint density at radius 2 is 2.09 bits per heavy atom. The molecule has 3 saturated carbocycles. The maximum absolute atomic E-state index is 3.31. The van der Waals surface area contributed by atoms with E-state index >= 15 is 0 Å². The van der Waals surface area contributed by atoms with Gasteiger partial charge in [-0.25, -0.2) is 0 Å². The second kappa shape index (κ2) is 5.70. The van der Waals surface area contributed by atoms with Crippen LogP contribution in [0.3, 0.4) is 0 Å². The average molecular weight is 306 g/mol. The van der Waals surface area contributed by atoms with Crippen molar-refractivity contribution in [3.63, 3.8) is 0 Å². The van der Waals surface area contributed by atoms with Crippen LogP contribution in [0.4, 0.5) is 0 Å². The summed E-state index contributed by atoms with van der Waals surface area (Å²) in [5.74, 6) is 9.94. The molecule has 0 bridgehead atoms. The Balaban J connectivity index is 1.66. The minimum Gasteiger partial charge on any atom is -0.101 e. The number of rotatable bonds is 0. The average Bonchev–Trinajstić information content (AvgIpc) is 2.91. The van der Waals surface area contributed by atoms with Crippen LogP contribution in [0, 0.1) is 40.9 Å². The Morgan fingerprint density at radius 1 is 1.22 bits per heavy atom. The van der Waals surface area contributed by atoms with Gasteiger partial charge < -0.3 is 0 Å². The Morgan fingerprint density at radius 3 is 2.87 bits per heavy atom. The van der Waals surface area contributed by atoms with Crippen molar-refractivity contribution < 1.29 is 0 Å². The Kier molecular flexibility index (Phi) is 3.79. The van der Waals surface area contributed by atoms with E-state index in [1.54, 1.807) is 11.1 Å². The predicted octanol–water partition coefficient (Wildman–Crippen LogP) is 6.07. The molecule has 3 fully saturated rings. The van der Waals surface area contributed by atoms with Crippen molar-refractivity contribution in [2.24, 2.45) is 29.1 Å². The van der Waals surface area contributed by atoms with Gasteiger partial charge in [0, 0.05) is 5.57 Å². The molecule has 0 aromatic carbocycles. The Bertz CT molecular complexity index is 647. The smallest absolute Gasteiger partial charge is 0.0205 e. The van der Waals surface area contributed by atoms with Gasteiger partial charge in [-0.05, 0) is 94.0 Å². The maximum Gasteiger partial charge on any atom is 0.0205 e. The van der Waals surface area contributed by atoms with E-state index in [-0.39, 0.29) is 0 Å². The van der Waals surface area contributed by atoms with Crippen molar-refractivity contribution in [1.82, 2.24) is 0 Å². The molecule has 0 aliphatic heterocycles. The molecular formula is C23H30. The van der Waals surface area contributed by atoms with Crippen LogP contribution in [0.15, 0.2) is 34.9 Å². The van der Waals surface area contributed by atoms with Crippen molar-refractivity contribution in [1.29, 1.82) is 0 Å². The maximum atomic E-state index is 3.31. The molecule has 0 nitrogen and oxygen atoms in total. The monoisotopic (exact) mass is 306 g/mol. The fraction of sp³-hybridized carbons (Fsp3) is 0.652. The molecule has 0 amide bonds. The predicted molar refractivity (Wildman–Crippen MR) is 97.8 cm³/mol. The van der Waals surface area contributed by atoms with Crippen LogP contribution in [0.25, 0.3) is 0 Å². The van der Waals surface area contributed by atoms with Crippen molar-refractivity contribution in [3.8, 4) is 11.8 Å². The second-order valence-corrected chi connectivity index (χ2v) is 8.37. The molecular weight excluding hydrogens is 276 g/mol. The fourth-order valence-corrected chi connectivity index (χ4v) is 6.51. The third-order valence-corrected chi connectivity index (χ3v) is 7.60. The van der Waals surface area contributed by atoms with E-state index in [9.17, 15) is 0 Å². The summed E-state index contributed by atoms with van der Waals surface area (Å²) >= 11 is 0. The van der Waals surface area contributed by atoms with Gasteiger partial charge in [0.25, 0.3) is 0 Å². The Labute approximate surface area is 142 Å². The van der Waals surface area contributed by atoms with Crippen LogP contribution in [-0.4, -0.2) is 0 Å². The van der Waals surface area contributed by atoms with Crippen LogP contribution in [0.2, 0.25) is 0 Å². The molecule has 0 saturated heterocycles. The van der Waals surface area contributed by atoms with E-state index in [2.05, 4.69) is 43.9 Å². The van der Waals surface area contributed by atoms with Gasteiger partial charge in [-0.1, -0.05) is 36.1 Å². The summed E-state index contributed by atoms with van der Waals surface area (Å²) in [4.78, 5) is 0. The summed E-state index contributed by atoms with van der Waals surface area (Å²) < 4.78 is 0. The van der Waals surface area contributed by atoms with Crippen molar-refractivity contribution in [2.75, 3.05) is 0 Å². The van der Waals surface area contributed by atoms with E-state index in [4.69, 9.17) is 0 Å². The Hall–Kier alpha value is -1.22. The topological polar surface area (TPSA) is 0 Å². The molecule has 4 aliphatic rings. The van der Waals surface area contributed by atoms with Crippen LogP contribution < -0.4 is 0 Å². The lowest BCUT2D eigenvalue weighted by molar-refractivity contribution is 0.0458. The molecule has 23 heavy (non-hydrogen) atoms. The molecule has 5 atom stereocenters. The summed E-state index contributed by atoms with van der Waals surface area (Å²) in [6, 6.07) is 0. The highest BCUT2D eigenvalue weighted by Crippen LogP contribution is 2.63. The first kappa shape index (κ1) is 15.3. The summed E-state index contributed by atoms with van der Waals surface area (Å²) in [6.07, 6.45) is 17.0. The van der Waals surface area contributed by atoms with Crippen LogP contribution in [-0.2, 0) is 0 Å². The van der Waals surface area contributed by atoms with Crippen molar-refractivity contribution >= 4 is 0 Å². The third kappa shape index (κ3) is 2.27. The molecule has 0 heterocycles. The highest BCUT2D eigenvalue weighted by Gasteiger charge is 2.53. The second-order valence-electron chi connectivity index (χ2n) is 8.37. The molecule has 5 unspecified atom stereocenters. The fourth-order valence-electron chi connectivity index (χ4n) is 6.51. The van der Waals surface area contributed by atoms with E-state index in [1.165, 1.54) is 50.5 Å². The van der Waals surface area contributed by atoms with Gasteiger partial charge in [-0.2, -0.15) is 0 Å². The zero-order chi connectivity index (χ0) is 16.0. The van der Waals surface area contributed by atoms with Gasteiger partial charge in [-0.3, -0.25) is 0 Å². The molecule has 0 spiro atoms. The quantitative estimate of drug-likeness (QED) is 0.376. The zero-order valence-electron chi connectivity index (χ0n) is 15.0. The lowest BCUT2D eigenvalue weighted by Crippen LogP contribution is -2.43. The highest BCUT2D eigenvalue weighted by atomic mass is 14.6. The minimum absolute atomic E-state index is 0.514. The summed E-state index contributed by atoms with van der Waals surface area (Å²) in [7, 11) is 0. The first-order valence-corrected chi connectivity index (χ1v) is 9.67. The van der Waals surface area contributed by atoms with Gasteiger partial charge in [-0.15, -0.1) is 5.92 Å². The molecule has 0 aromatic heterocycles. The van der Waals surface area contributed by atoms with Gasteiger partial charge in [0.1, 0.15) is 0 Å². The lowest BCUT2D eigenvalue weighted by Gasteiger charge is -2.52. The molecule has 0 heteroatoms. The van der Waals surface area contributed by atoms with E-state index in [1.807, 2.05) is 6.92 Å².